The quantitative estimate of drug-likeness (QED) is 0.382. The highest BCUT2D eigenvalue weighted by atomic mass is 35.5. The van der Waals surface area contributed by atoms with Crippen LogP contribution >= 0.6 is 11.6 Å². The summed E-state index contributed by atoms with van der Waals surface area (Å²) in [7, 11) is 0. The fourth-order valence-electron chi connectivity index (χ4n) is 3.14. The summed E-state index contributed by atoms with van der Waals surface area (Å²) in [5.74, 6) is -0.187. The van der Waals surface area contributed by atoms with Gasteiger partial charge in [0.05, 0.1) is 26.6 Å². The van der Waals surface area contributed by atoms with Crippen molar-refractivity contribution in [1.82, 2.24) is 10.4 Å². The zero-order valence-corrected chi connectivity index (χ0v) is 16.6. The van der Waals surface area contributed by atoms with Crippen molar-refractivity contribution >= 4 is 23.6 Å². The number of hydrogen-bond donors (Lipinski definition) is 2. The maximum absolute atomic E-state index is 12.8. The van der Waals surface area contributed by atoms with E-state index in [1.807, 2.05) is 0 Å². The fourth-order valence-corrected chi connectivity index (χ4v) is 3.36. The van der Waals surface area contributed by atoms with Crippen molar-refractivity contribution in [3.05, 3.63) is 74.4 Å². The monoisotopic (exact) mass is 457 g/mol. The van der Waals surface area contributed by atoms with E-state index in [9.17, 15) is 33.2 Å². The molecule has 0 bridgehead atoms. The van der Waals surface area contributed by atoms with Gasteiger partial charge in [-0.25, -0.2) is 0 Å². The lowest BCUT2D eigenvalue weighted by atomic mass is 9.94. The molecule has 0 amide bonds. The third-order valence-corrected chi connectivity index (χ3v) is 4.93. The number of hydrazine groups is 1. The van der Waals surface area contributed by atoms with Gasteiger partial charge in [0.1, 0.15) is 11.5 Å². The van der Waals surface area contributed by atoms with Gasteiger partial charge in [-0.1, -0.05) is 18.5 Å². The van der Waals surface area contributed by atoms with Crippen LogP contribution in [-0.2, 0) is 16.7 Å². The van der Waals surface area contributed by atoms with Gasteiger partial charge in [-0.2, -0.15) is 18.2 Å². The molecule has 0 aromatic heterocycles. The average Bonchev–Trinajstić information content (AvgIpc) is 3.04. The van der Waals surface area contributed by atoms with Gasteiger partial charge in [0.15, 0.2) is 12.0 Å². The van der Waals surface area contributed by atoms with Crippen molar-refractivity contribution in [2.75, 3.05) is 6.54 Å². The van der Waals surface area contributed by atoms with Crippen molar-refractivity contribution < 1.29 is 32.7 Å². The second kappa shape index (κ2) is 8.17. The number of nitrogens with one attached hydrogen (secondary N) is 1. The molecule has 3 rings (SSSR count). The number of aliphatic hydroxyl groups is 1. The summed E-state index contributed by atoms with van der Waals surface area (Å²) in [5, 5.41) is 23.6. The number of likely N-dealkylation sites (N-methyl/N-ethyl adjacent to an activating group) is 1. The molecule has 0 radical (unpaired) electrons. The first-order valence-corrected chi connectivity index (χ1v) is 9.15. The molecule has 31 heavy (non-hydrogen) atoms. The van der Waals surface area contributed by atoms with Gasteiger partial charge in [0.25, 0.3) is 5.69 Å². The van der Waals surface area contributed by atoms with Gasteiger partial charge in [0, 0.05) is 18.8 Å². The number of nitro groups is 1. The van der Waals surface area contributed by atoms with Crippen molar-refractivity contribution in [2.45, 2.75) is 18.8 Å². The largest absolute Gasteiger partial charge is 0.456 e. The van der Waals surface area contributed by atoms with Crippen LogP contribution in [0.2, 0.25) is 5.02 Å². The lowest BCUT2D eigenvalue weighted by molar-refractivity contribution is -0.387. The molecule has 2 aromatic rings. The predicted octanol–water partition coefficient (Wildman–Crippen LogP) is 4.13. The molecular weight excluding hydrogens is 443 g/mol. The molecule has 0 saturated heterocycles. The number of carbonyl (C=O) groups is 1. The van der Waals surface area contributed by atoms with Gasteiger partial charge in [0.2, 0.25) is 0 Å². The molecule has 8 nitrogen and oxygen atoms in total. The lowest BCUT2D eigenvalue weighted by Crippen LogP contribution is -2.48. The molecule has 1 aliphatic heterocycles. The highest BCUT2D eigenvalue weighted by molar-refractivity contribution is 6.32. The summed E-state index contributed by atoms with van der Waals surface area (Å²) in [6.45, 7) is 1.81. The number of halogens is 4. The Balaban J connectivity index is 2.07. The number of benzene rings is 2. The molecule has 2 N–H and O–H groups in total. The van der Waals surface area contributed by atoms with Crippen molar-refractivity contribution in [3.63, 3.8) is 0 Å². The topological polar surface area (TPSA) is 105 Å². The average molecular weight is 458 g/mol. The molecule has 0 saturated carbocycles. The van der Waals surface area contributed by atoms with E-state index in [0.29, 0.717) is 12.4 Å². The number of alkyl halides is 3. The van der Waals surface area contributed by atoms with E-state index >= 15 is 0 Å². The van der Waals surface area contributed by atoms with E-state index in [-0.39, 0.29) is 34.2 Å². The van der Waals surface area contributed by atoms with E-state index in [0.717, 1.165) is 24.3 Å². The summed E-state index contributed by atoms with van der Waals surface area (Å²) >= 11 is 5.90. The Morgan fingerprint density at radius 3 is 2.58 bits per heavy atom. The molecule has 164 valence electrons. The van der Waals surface area contributed by atoms with E-state index in [4.69, 9.17) is 16.3 Å². The van der Waals surface area contributed by atoms with E-state index in [2.05, 4.69) is 5.43 Å². The minimum Gasteiger partial charge on any atom is -0.456 e. The third kappa shape index (κ3) is 4.07. The van der Waals surface area contributed by atoms with Gasteiger partial charge < -0.3 is 15.3 Å². The molecule has 0 aliphatic carbocycles. The standard InChI is InChI=1S/C19H15ClF3N3O5/c1-2-25-18(28,12(10-27)9-24-25)14-8-13(4-5-16(14)26(29)30)31-17-6-3-11(7-15(17)20)19(21,22)23/h3-10,24,28H,2H2,1H3. The predicted molar refractivity (Wildman–Crippen MR) is 103 cm³/mol. The number of nitrogens with zero attached hydrogens (tertiary/aromatic N) is 2. The SMILES string of the molecule is CCN1NC=C(C=O)C1(O)c1cc(Oc2ccc(C(F)(F)F)cc2Cl)ccc1[N+](=O)[O-]. The van der Waals surface area contributed by atoms with E-state index in [1.54, 1.807) is 6.92 Å². The van der Waals surface area contributed by atoms with Gasteiger partial charge in [-0.05, 0) is 30.3 Å². The number of nitro benzene ring substituents is 1. The molecule has 1 aliphatic rings. The zero-order valence-electron chi connectivity index (χ0n) is 15.8. The second-order valence-electron chi connectivity index (χ2n) is 6.44. The van der Waals surface area contributed by atoms with Gasteiger partial charge in [-0.3, -0.25) is 14.9 Å². The smallest absolute Gasteiger partial charge is 0.416 e. The number of ether oxygens (including phenoxy) is 1. The van der Waals surface area contributed by atoms with Crippen LogP contribution in [0.5, 0.6) is 11.5 Å². The third-order valence-electron chi connectivity index (χ3n) is 4.64. The Kier molecular flexibility index (Phi) is 5.94. The molecule has 1 atom stereocenters. The molecule has 1 heterocycles. The lowest BCUT2D eigenvalue weighted by Gasteiger charge is -2.33. The number of hydrogen-bond acceptors (Lipinski definition) is 7. The first-order chi connectivity index (χ1) is 14.5. The first kappa shape index (κ1) is 22.5. The Bertz CT molecular complexity index is 1080. The summed E-state index contributed by atoms with van der Waals surface area (Å²) in [6.07, 6.45) is -3.03. The van der Waals surface area contributed by atoms with Crippen LogP contribution in [0.3, 0.4) is 0 Å². The molecule has 1 unspecified atom stereocenters. The normalized spacial score (nSPS) is 19.0. The summed E-state index contributed by atoms with van der Waals surface area (Å²) in [4.78, 5) is 22.3. The summed E-state index contributed by atoms with van der Waals surface area (Å²) in [6, 6.07) is 5.83. The molecule has 12 heteroatoms. The second-order valence-corrected chi connectivity index (χ2v) is 6.85. The highest BCUT2D eigenvalue weighted by Gasteiger charge is 2.47. The van der Waals surface area contributed by atoms with Crippen LogP contribution in [0.4, 0.5) is 18.9 Å². The fraction of sp³-hybridized carbons (Fsp3) is 0.211. The number of rotatable bonds is 6. The van der Waals surface area contributed by atoms with Crippen LogP contribution in [0, 0.1) is 10.1 Å². The number of aldehydes is 1. The maximum atomic E-state index is 12.8. The number of carbonyl (C=O) groups excluding carboxylic acids is 1. The van der Waals surface area contributed by atoms with E-state index < -0.39 is 28.1 Å². The van der Waals surface area contributed by atoms with Crippen LogP contribution < -0.4 is 10.2 Å². The molecule has 0 spiro atoms. The summed E-state index contributed by atoms with van der Waals surface area (Å²) in [5.41, 5.74) is -1.44. The minimum absolute atomic E-state index is 0.0520. The van der Waals surface area contributed by atoms with Crippen LogP contribution in [-0.4, -0.2) is 27.9 Å². The van der Waals surface area contributed by atoms with Crippen LogP contribution in [0.1, 0.15) is 18.1 Å². The van der Waals surface area contributed by atoms with Crippen molar-refractivity contribution in [3.8, 4) is 11.5 Å². The van der Waals surface area contributed by atoms with E-state index in [1.165, 1.54) is 17.3 Å². The highest BCUT2D eigenvalue weighted by Crippen LogP contribution is 2.42. The van der Waals surface area contributed by atoms with Crippen molar-refractivity contribution in [1.29, 1.82) is 0 Å². The van der Waals surface area contributed by atoms with Gasteiger partial charge in [-0.15, -0.1) is 0 Å². The van der Waals surface area contributed by atoms with Crippen LogP contribution in [0.25, 0.3) is 0 Å². The Morgan fingerprint density at radius 1 is 1.32 bits per heavy atom. The van der Waals surface area contributed by atoms with Crippen LogP contribution in [0.15, 0.2) is 48.2 Å². The maximum Gasteiger partial charge on any atom is 0.416 e. The van der Waals surface area contributed by atoms with Gasteiger partial charge >= 0.3 is 6.18 Å². The Morgan fingerprint density at radius 2 is 2.03 bits per heavy atom. The Hall–Kier alpha value is -3.15. The zero-order chi connectivity index (χ0) is 23.0. The molecule has 0 fully saturated rings. The molecular formula is C19H15ClF3N3O5. The Labute approximate surface area is 178 Å². The minimum atomic E-state index is -4.59. The molecule has 2 aromatic carbocycles. The van der Waals surface area contributed by atoms with Crippen molar-refractivity contribution in [2.24, 2.45) is 0 Å². The summed E-state index contributed by atoms with van der Waals surface area (Å²) < 4.78 is 44.0. The first-order valence-electron chi connectivity index (χ1n) is 8.77.